The van der Waals surface area contributed by atoms with Crippen molar-refractivity contribution in [3.63, 3.8) is 0 Å². The molecule has 1 aromatic heterocycles. The molecular weight excluding hydrogens is 354 g/mol. The molecule has 0 aliphatic rings. The number of carbonyl (C=O) groups is 1. The standard InChI is InChI=1S/C18H23N3O4S/c1-5-25-16(22)8-14-10-26-18(20-14)21-19-9-13-6-12(11(2)3)7-15(24-4)17(13)23/h6-7,9-11,23H,5,8H2,1-4H3,(H,20,21). The van der Waals surface area contributed by atoms with Gasteiger partial charge in [-0.15, -0.1) is 11.3 Å². The number of hydrogen-bond acceptors (Lipinski definition) is 8. The van der Waals surface area contributed by atoms with Crippen molar-refractivity contribution in [1.29, 1.82) is 0 Å². The normalized spacial score (nSPS) is 11.1. The summed E-state index contributed by atoms with van der Waals surface area (Å²) in [7, 11) is 1.51. The van der Waals surface area contributed by atoms with Crippen LogP contribution < -0.4 is 10.2 Å². The predicted molar refractivity (Wildman–Crippen MR) is 102 cm³/mol. The van der Waals surface area contributed by atoms with Crippen LogP contribution in [-0.4, -0.2) is 36.0 Å². The van der Waals surface area contributed by atoms with E-state index in [0.29, 0.717) is 28.7 Å². The number of ether oxygens (including phenoxy) is 2. The number of methoxy groups -OCH3 is 1. The molecule has 2 N–H and O–H groups in total. The summed E-state index contributed by atoms with van der Waals surface area (Å²) in [4.78, 5) is 15.7. The number of thiazole rings is 1. The van der Waals surface area contributed by atoms with Gasteiger partial charge in [0.15, 0.2) is 11.5 Å². The number of phenols is 1. The Morgan fingerprint density at radius 2 is 2.23 bits per heavy atom. The van der Waals surface area contributed by atoms with Gasteiger partial charge in [0.1, 0.15) is 0 Å². The highest BCUT2D eigenvalue weighted by Crippen LogP contribution is 2.33. The molecule has 0 spiro atoms. The molecule has 2 rings (SSSR count). The molecular formula is C18H23N3O4S. The highest BCUT2D eigenvalue weighted by atomic mass is 32.1. The first-order chi connectivity index (χ1) is 12.4. The van der Waals surface area contributed by atoms with Gasteiger partial charge in [-0.2, -0.15) is 5.10 Å². The van der Waals surface area contributed by atoms with Crippen LogP contribution in [0.25, 0.3) is 0 Å². The van der Waals surface area contributed by atoms with E-state index in [-0.39, 0.29) is 24.1 Å². The molecule has 0 aliphatic heterocycles. The topological polar surface area (TPSA) is 93.0 Å². The number of phenolic OH excluding ortho intramolecular Hbond substituents is 1. The Labute approximate surface area is 156 Å². The molecule has 0 radical (unpaired) electrons. The van der Waals surface area contributed by atoms with E-state index in [1.807, 2.05) is 12.1 Å². The highest BCUT2D eigenvalue weighted by Gasteiger charge is 2.12. The number of aromatic nitrogens is 1. The van der Waals surface area contributed by atoms with Gasteiger partial charge in [-0.3, -0.25) is 10.2 Å². The molecule has 0 atom stereocenters. The summed E-state index contributed by atoms with van der Waals surface area (Å²) in [6.07, 6.45) is 1.64. The van der Waals surface area contributed by atoms with Crippen LogP contribution in [-0.2, 0) is 16.0 Å². The number of anilines is 1. The number of nitrogens with one attached hydrogen (secondary N) is 1. The number of carbonyl (C=O) groups excluding carboxylic acids is 1. The molecule has 0 fully saturated rings. The summed E-state index contributed by atoms with van der Waals surface area (Å²) in [5.41, 5.74) is 5.01. The lowest BCUT2D eigenvalue weighted by Gasteiger charge is -2.12. The molecule has 0 bridgehead atoms. The van der Waals surface area contributed by atoms with Crippen molar-refractivity contribution in [2.45, 2.75) is 33.1 Å². The molecule has 1 heterocycles. The van der Waals surface area contributed by atoms with Crippen LogP contribution in [0.15, 0.2) is 22.6 Å². The zero-order valence-electron chi connectivity index (χ0n) is 15.3. The van der Waals surface area contributed by atoms with Crippen LogP contribution in [0.5, 0.6) is 11.5 Å². The van der Waals surface area contributed by atoms with E-state index < -0.39 is 0 Å². The molecule has 0 saturated heterocycles. The summed E-state index contributed by atoms with van der Waals surface area (Å²) < 4.78 is 10.1. The molecule has 0 aliphatic carbocycles. The fourth-order valence-electron chi connectivity index (χ4n) is 2.20. The SMILES string of the molecule is CCOC(=O)Cc1csc(NN=Cc2cc(C(C)C)cc(OC)c2O)n1. The second-order valence-corrected chi connectivity index (χ2v) is 6.67. The van der Waals surface area contributed by atoms with Crippen molar-refractivity contribution in [3.05, 3.63) is 34.3 Å². The van der Waals surface area contributed by atoms with E-state index in [1.165, 1.54) is 24.7 Å². The van der Waals surface area contributed by atoms with Gasteiger partial charge in [0, 0.05) is 10.9 Å². The van der Waals surface area contributed by atoms with Crippen molar-refractivity contribution in [3.8, 4) is 11.5 Å². The third-order valence-corrected chi connectivity index (χ3v) is 4.36. The van der Waals surface area contributed by atoms with Crippen molar-refractivity contribution in [1.82, 2.24) is 4.98 Å². The van der Waals surface area contributed by atoms with Crippen LogP contribution in [0.1, 0.15) is 43.5 Å². The number of hydrogen-bond donors (Lipinski definition) is 2. The van der Waals surface area contributed by atoms with E-state index >= 15 is 0 Å². The number of rotatable bonds is 8. The van der Waals surface area contributed by atoms with E-state index in [0.717, 1.165) is 5.56 Å². The van der Waals surface area contributed by atoms with E-state index in [4.69, 9.17) is 9.47 Å². The number of hydrazone groups is 1. The first-order valence-electron chi connectivity index (χ1n) is 8.24. The second-order valence-electron chi connectivity index (χ2n) is 5.81. The Kier molecular flexibility index (Phi) is 6.97. The van der Waals surface area contributed by atoms with Crippen LogP contribution in [0.3, 0.4) is 0 Å². The monoisotopic (exact) mass is 377 g/mol. The fraction of sp³-hybridized carbons (Fsp3) is 0.389. The number of nitrogens with zero attached hydrogens (tertiary/aromatic N) is 2. The van der Waals surface area contributed by atoms with Gasteiger partial charge < -0.3 is 14.6 Å². The van der Waals surface area contributed by atoms with E-state index in [2.05, 4.69) is 29.4 Å². The molecule has 8 heteroatoms. The fourth-order valence-corrected chi connectivity index (χ4v) is 2.85. The van der Waals surface area contributed by atoms with Crippen LogP contribution in [0.2, 0.25) is 0 Å². The second kappa shape index (κ2) is 9.19. The van der Waals surface area contributed by atoms with Gasteiger partial charge in [0.2, 0.25) is 5.13 Å². The molecule has 140 valence electrons. The number of esters is 1. The van der Waals surface area contributed by atoms with Crippen LogP contribution in [0, 0.1) is 0 Å². The molecule has 2 aromatic rings. The first-order valence-corrected chi connectivity index (χ1v) is 9.12. The quantitative estimate of drug-likeness (QED) is 0.415. The van der Waals surface area contributed by atoms with Gasteiger partial charge in [-0.25, -0.2) is 4.98 Å². The Balaban J connectivity index is 2.08. The highest BCUT2D eigenvalue weighted by molar-refractivity contribution is 7.13. The minimum Gasteiger partial charge on any atom is -0.504 e. The van der Waals surface area contributed by atoms with Gasteiger partial charge in [0.05, 0.1) is 32.0 Å². The minimum absolute atomic E-state index is 0.0320. The Morgan fingerprint density at radius 1 is 1.46 bits per heavy atom. The third kappa shape index (κ3) is 5.19. The van der Waals surface area contributed by atoms with Crippen molar-refractivity contribution in [2.75, 3.05) is 19.1 Å². The van der Waals surface area contributed by atoms with Crippen LogP contribution in [0.4, 0.5) is 5.13 Å². The lowest BCUT2D eigenvalue weighted by atomic mass is 10.00. The molecule has 0 amide bonds. The third-order valence-electron chi connectivity index (χ3n) is 3.56. The molecule has 0 saturated carbocycles. The summed E-state index contributed by atoms with van der Waals surface area (Å²) in [6.45, 7) is 6.23. The maximum atomic E-state index is 11.5. The first kappa shape index (κ1) is 19.7. The van der Waals surface area contributed by atoms with Crippen LogP contribution >= 0.6 is 11.3 Å². The summed E-state index contributed by atoms with van der Waals surface area (Å²) in [6, 6.07) is 3.68. The van der Waals surface area contributed by atoms with E-state index in [1.54, 1.807) is 12.3 Å². The smallest absolute Gasteiger partial charge is 0.311 e. The van der Waals surface area contributed by atoms with Gasteiger partial charge in [0.25, 0.3) is 0 Å². The Hall–Kier alpha value is -2.61. The lowest BCUT2D eigenvalue weighted by Crippen LogP contribution is -2.07. The average molecular weight is 377 g/mol. The van der Waals surface area contributed by atoms with Gasteiger partial charge in [-0.1, -0.05) is 13.8 Å². The lowest BCUT2D eigenvalue weighted by molar-refractivity contribution is -0.142. The Morgan fingerprint density at radius 3 is 2.88 bits per heavy atom. The van der Waals surface area contributed by atoms with Crippen molar-refractivity contribution in [2.24, 2.45) is 5.10 Å². The maximum Gasteiger partial charge on any atom is 0.311 e. The zero-order valence-corrected chi connectivity index (χ0v) is 16.1. The summed E-state index contributed by atoms with van der Waals surface area (Å²) in [5, 5.41) is 16.7. The number of benzene rings is 1. The molecule has 0 unspecified atom stereocenters. The summed E-state index contributed by atoms with van der Waals surface area (Å²) in [5.74, 6) is 0.414. The predicted octanol–water partition coefficient (Wildman–Crippen LogP) is 3.53. The minimum atomic E-state index is -0.310. The average Bonchev–Trinajstić information content (AvgIpc) is 3.03. The number of aromatic hydroxyl groups is 1. The van der Waals surface area contributed by atoms with Gasteiger partial charge in [-0.05, 0) is 30.5 Å². The molecule has 26 heavy (non-hydrogen) atoms. The largest absolute Gasteiger partial charge is 0.504 e. The van der Waals surface area contributed by atoms with E-state index in [9.17, 15) is 9.90 Å². The molecule has 1 aromatic carbocycles. The Bertz CT molecular complexity index is 787. The zero-order chi connectivity index (χ0) is 19.1. The van der Waals surface area contributed by atoms with Crippen molar-refractivity contribution < 1.29 is 19.4 Å². The molecule has 7 nitrogen and oxygen atoms in total. The van der Waals surface area contributed by atoms with Crippen molar-refractivity contribution >= 4 is 28.7 Å². The van der Waals surface area contributed by atoms with Gasteiger partial charge >= 0.3 is 5.97 Å². The maximum absolute atomic E-state index is 11.5. The summed E-state index contributed by atoms with van der Waals surface area (Å²) >= 11 is 1.33.